The maximum atomic E-state index is 12.2. The van der Waals surface area contributed by atoms with E-state index in [0.29, 0.717) is 0 Å². The molecule has 0 spiro atoms. The number of nitrogens with one attached hydrogen (secondary N) is 1. The molecule has 1 aromatic heterocycles. The van der Waals surface area contributed by atoms with Crippen molar-refractivity contribution in [1.82, 2.24) is 19.8 Å². The van der Waals surface area contributed by atoms with E-state index in [1.165, 1.54) is 18.0 Å². The minimum atomic E-state index is -1.54. The number of nitrogens with zero attached hydrogens (tertiary/aromatic N) is 3. The number of amides is 2. The highest BCUT2D eigenvalue weighted by Crippen LogP contribution is 2.22. The molecule has 1 fully saturated rings. The van der Waals surface area contributed by atoms with Crippen LogP contribution in [0, 0.1) is 0 Å². The smallest absolute Gasteiger partial charge is 0.290 e. The van der Waals surface area contributed by atoms with Crippen molar-refractivity contribution < 1.29 is 19.8 Å². The van der Waals surface area contributed by atoms with Crippen molar-refractivity contribution in [2.24, 2.45) is 7.05 Å². The van der Waals surface area contributed by atoms with Crippen molar-refractivity contribution in [2.45, 2.75) is 18.6 Å². The molecule has 0 radical (unpaired) electrons. The predicted molar refractivity (Wildman–Crippen MR) is 68.8 cm³/mol. The molecule has 2 amide bonds. The van der Waals surface area contributed by atoms with Gasteiger partial charge in [0.15, 0.2) is 5.82 Å². The first kappa shape index (κ1) is 14.5. The van der Waals surface area contributed by atoms with Gasteiger partial charge >= 0.3 is 0 Å². The SMILES string of the molecule is CC(=O)NC[C@]1(O)CN(C(=O)c2nccn2C)C[C@H]1O. The van der Waals surface area contributed by atoms with Crippen molar-refractivity contribution in [3.05, 3.63) is 18.2 Å². The van der Waals surface area contributed by atoms with Crippen LogP contribution < -0.4 is 5.32 Å². The van der Waals surface area contributed by atoms with Crippen LogP contribution in [0.2, 0.25) is 0 Å². The fourth-order valence-corrected chi connectivity index (χ4v) is 2.20. The quantitative estimate of drug-likeness (QED) is 0.600. The molecule has 2 atom stereocenters. The van der Waals surface area contributed by atoms with Gasteiger partial charge in [-0.15, -0.1) is 0 Å². The summed E-state index contributed by atoms with van der Waals surface area (Å²) in [5, 5.41) is 22.7. The monoisotopic (exact) mass is 282 g/mol. The Labute approximate surface area is 116 Å². The van der Waals surface area contributed by atoms with Crippen LogP contribution in [0.4, 0.5) is 0 Å². The topological polar surface area (TPSA) is 108 Å². The van der Waals surface area contributed by atoms with E-state index in [1.807, 2.05) is 0 Å². The molecule has 8 nitrogen and oxygen atoms in total. The number of rotatable bonds is 3. The van der Waals surface area contributed by atoms with Crippen LogP contribution in [0.5, 0.6) is 0 Å². The Hall–Kier alpha value is -1.93. The Morgan fingerprint density at radius 3 is 2.85 bits per heavy atom. The normalized spacial score (nSPS) is 25.8. The molecule has 0 aliphatic carbocycles. The third kappa shape index (κ3) is 2.66. The highest BCUT2D eigenvalue weighted by atomic mass is 16.3. The van der Waals surface area contributed by atoms with E-state index < -0.39 is 11.7 Å². The van der Waals surface area contributed by atoms with Crippen LogP contribution in [0.3, 0.4) is 0 Å². The zero-order valence-electron chi connectivity index (χ0n) is 11.4. The first-order chi connectivity index (χ1) is 9.33. The lowest BCUT2D eigenvalue weighted by Crippen LogP contribution is -2.51. The van der Waals surface area contributed by atoms with E-state index in [2.05, 4.69) is 10.3 Å². The second kappa shape index (κ2) is 5.22. The lowest BCUT2D eigenvalue weighted by Gasteiger charge is -2.25. The molecular formula is C12H18N4O4. The molecule has 1 aromatic rings. The summed E-state index contributed by atoms with van der Waals surface area (Å²) in [4.78, 5) is 28.4. The van der Waals surface area contributed by atoms with Crippen molar-refractivity contribution in [3.8, 4) is 0 Å². The van der Waals surface area contributed by atoms with E-state index in [-0.39, 0.29) is 37.3 Å². The van der Waals surface area contributed by atoms with Crippen molar-refractivity contribution >= 4 is 11.8 Å². The number of aryl methyl sites for hydroxylation is 1. The van der Waals surface area contributed by atoms with Gasteiger partial charge in [-0.25, -0.2) is 4.98 Å². The molecule has 3 N–H and O–H groups in total. The summed E-state index contributed by atoms with van der Waals surface area (Å²) in [6.45, 7) is 1.16. The molecule has 1 saturated heterocycles. The van der Waals surface area contributed by atoms with Crippen LogP contribution >= 0.6 is 0 Å². The van der Waals surface area contributed by atoms with Gasteiger partial charge in [-0.3, -0.25) is 9.59 Å². The van der Waals surface area contributed by atoms with E-state index in [4.69, 9.17) is 0 Å². The maximum absolute atomic E-state index is 12.2. The summed E-state index contributed by atoms with van der Waals surface area (Å²) in [6.07, 6.45) is 2.03. The molecule has 1 aliphatic heterocycles. The zero-order chi connectivity index (χ0) is 14.9. The first-order valence-corrected chi connectivity index (χ1v) is 6.25. The molecule has 1 aliphatic rings. The van der Waals surface area contributed by atoms with Gasteiger partial charge in [0.05, 0.1) is 19.6 Å². The number of hydrogen-bond acceptors (Lipinski definition) is 5. The van der Waals surface area contributed by atoms with Crippen molar-refractivity contribution in [3.63, 3.8) is 0 Å². The molecule has 2 heterocycles. The van der Waals surface area contributed by atoms with Crippen LogP contribution in [0.1, 0.15) is 17.5 Å². The average Bonchev–Trinajstić information content (AvgIpc) is 2.92. The fraction of sp³-hybridized carbons (Fsp3) is 0.583. The van der Waals surface area contributed by atoms with Gasteiger partial charge in [-0.05, 0) is 0 Å². The Kier molecular flexibility index (Phi) is 3.78. The molecule has 110 valence electrons. The second-order valence-electron chi connectivity index (χ2n) is 5.08. The summed E-state index contributed by atoms with van der Waals surface area (Å²) in [6, 6.07) is 0. The molecule has 0 bridgehead atoms. The van der Waals surface area contributed by atoms with Gasteiger partial charge in [0.1, 0.15) is 11.7 Å². The van der Waals surface area contributed by atoms with Gasteiger partial charge < -0.3 is 25.0 Å². The van der Waals surface area contributed by atoms with E-state index in [0.717, 1.165) is 0 Å². The van der Waals surface area contributed by atoms with Crippen LogP contribution in [-0.4, -0.2) is 67.8 Å². The average molecular weight is 282 g/mol. The number of aliphatic hydroxyl groups excluding tert-OH is 1. The predicted octanol–water partition coefficient (Wildman–Crippen LogP) is -1.90. The summed E-state index contributed by atoms with van der Waals surface area (Å²) in [5.74, 6) is -0.434. The zero-order valence-corrected chi connectivity index (χ0v) is 11.4. The molecule has 20 heavy (non-hydrogen) atoms. The Bertz CT molecular complexity index is 529. The maximum Gasteiger partial charge on any atom is 0.290 e. The first-order valence-electron chi connectivity index (χ1n) is 6.25. The number of imidazole rings is 1. The van der Waals surface area contributed by atoms with E-state index in [1.54, 1.807) is 17.8 Å². The third-order valence-electron chi connectivity index (χ3n) is 3.42. The summed E-state index contributed by atoms with van der Waals surface area (Å²) < 4.78 is 1.57. The molecule has 2 rings (SSSR count). The van der Waals surface area contributed by atoms with E-state index in [9.17, 15) is 19.8 Å². The lowest BCUT2D eigenvalue weighted by molar-refractivity contribution is -0.121. The largest absolute Gasteiger partial charge is 0.388 e. The fourth-order valence-electron chi connectivity index (χ4n) is 2.20. The molecule has 8 heteroatoms. The second-order valence-corrected chi connectivity index (χ2v) is 5.08. The Morgan fingerprint density at radius 2 is 2.30 bits per heavy atom. The number of carbonyl (C=O) groups excluding carboxylic acids is 2. The van der Waals surface area contributed by atoms with Gasteiger partial charge in [0, 0.05) is 26.4 Å². The number of aliphatic hydroxyl groups is 2. The number of β-amino-alcohol motifs (C(OH)–C–C–N with tert-alkyl or cyclic N) is 2. The molecule has 0 unspecified atom stereocenters. The van der Waals surface area contributed by atoms with Crippen molar-refractivity contribution in [1.29, 1.82) is 0 Å². The lowest BCUT2D eigenvalue weighted by atomic mass is 10.0. The molecular weight excluding hydrogens is 264 g/mol. The molecule has 0 aromatic carbocycles. The highest BCUT2D eigenvalue weighted by Gasteiger charge is 2.46. The summed E-state index contributed by atoms with van der Waals surface area (Å²) in [5.41, 5.74) is -1.54. The van der Waals surface area contributed by atoms with Crippen LogP contribution in [0.25, 0.3) is 0 Å². The summed E-state index contributed by atoms with van der Waals surface area (Å²) in [7, 11) is 1.69. The van der Waals surface area contributed by atoms with Crippen LogP contribution in [-0.2, 0) is 11.8 Å². The van der Waals surface area contributed by atoms with Crippen molar-refractivity contribution in [2.75, 3.05) is 19.6 Å². The number of aromatic nitrogens is 2. The van der Waals surface area contributed by atoms with Crippen LogP contribution in [0.15, 0.2) is 12.4 Å². The highest BCUT2D eigenvalue weighted by molar-refractivity contribution is 5.91. The third-order valence-corrected chi connectivity index (χ3v) is 3.42. The number of likely N-dealkylation sites (tertiary alicyclic amines) is 1. The van der Waals surface area contributed by atoms with Gasteiger partial charge in [0.2, 0.25) is 5.91 Å². The standard InChI is InChI=1S/C12H18N4O4/c1-8(17)14-6-12(20)7-16(5-9(12)18)11(19)10-13-3-4-15(10)2/h3-4,9,18,20H,5-7H2,1-2H3,(H,14,17)/t9-,12+/m1/s1. The Balaban J connectivity index is 2.08. The van der Waals surface area contributed by atoms with E-state index >= 15 is 0 Å². The molecule has 0 saturated carbocycles. The summed E-state index contributed by atoms with van der Waals surface area (Å²) >= 11 is 0. The number of hydrogen-bond donors (Lipinski definition) is 3. The minimum Gasteiger partial charge on any atom is -0.388 e. The Morgan fingerprint density at radius 1 is 1.60 bits per heavy atom. The number of carbonyl (C=O) groups is 2. The van der Waals surface area contributed by atoms with Gasteiger partial charge in [0.25, 0.3) is 5.91 Å². The van der Waals surface area contributed by atoms with Gasteiger partial charge in [-0.1, -0.05) is 0 Å². The van der Waals surface area contributed by atoms with Gasteiger partial charge in [-0.2, -0.15) is 0 Å². The minimum absolute atomic E-state index is 0.00176.